The molecule has 1 rings (SSSR count). The molecule has 16 heavy (non-hydrogen) atoms. The third-order valence-electron chi connectivity index (χ3n) is 2.89. The highest BCUT2D eigenvalue weighted by Gasteiger charge is 2.17. The van der Waals surface area contributed by atoms with Crippen LogP contribution in [0.15, 0.2) is 11.6 Å². The molecule has 0 amide bonds. The van der Waals surface area contributed by atoms with Gasteiger partial charge in [-0.3, -0.25) is 0 Å². The lowest BCUT2D eigenvalue weighted by molar-refractivity contribution is 0.220. The predicted molar refractivity (Wildman–Crippen MR) is 70.8 cm³/mol. The molecule has 1 heterocycles. The second-order valence-corrected chi connectivity index (χ2v) is 5.70. The lowest BCUT2D eigenvalue weighted by Crippen LogP contribution is -2.42. The maximum atomic E-state index is 4.33. The molecule has 0 aliphatic rings. The summed E-state index contributed by atoms with van der Waals surface area (Å²) < 4.78 is 0. The van der Waals surface area contributed by atoms with Crippen molar-refractivity contribution in [3.05, 3.63) is 16.6 Å². The van der Waals surface area contributed by atoms with E-state index in [-0.39, 0.29) is 0 Å². The number of rotatable bonds is 6. The molecular weight excluding hydrogens is 218 g/mol. The highest BCUT2D eigenvalue weighted by Crippen LogP contribution is 2.15. The number of nitrogens with zero attached hydrogens (tertiary/aromatic N) is 2. The van der Waals surface area contributed by atoms with E-state index in [4.69, 9.17) is 0 Å². The molecule has 92 valence electrons. The molecule has 2 atom stereocenters. The van der Waals surface area contributed by atoms with Gasteiger partial charge in [0.2, 0.25) is 0 Å². The number of hydrogen-bond donors (Lipinski definition) is 1. The molecule has 1 N–H and O–H groups in total. The van der Waals surface area contributed by atoms with E-state index in [1.54, 1.807) is 11.3 Å². The van der Waals surface area contributed by atoms with Gasteiger partial charge in [0.25, 0.3) is 0 Å². The van der Waals surface area contributed by atoms with Crippen LogP contribution in [0.2, 0.25) is 0 Å². The Bertz CT molecular complexity index is 274. The van der Waals surface area contributed by atoms with Crippen LogP contribution in [0.3, 0.4) is 0 Å². The van der Waals surface area contributed by atoms with Crippen molar-refractivity contribution in [3.63, 3.8) is 0 Å². The van der Waals surface area contributed by atoms with Crippen LogP contribution in [0.1, 0.15) is 31.8 Å². The Balaban J connectivity index is 2.43. The maximum absolute atomic E-state index is 4.33. The fourth-order valence-corrected chi connectivity index (χ4v) is 2.52. The molecule has 0 aliphatic heterocycles. The van der Waals surface area contributed by atoms with Gasteiger partial charge in [-0.25, -0.2) is 4.98 Å². The third-order valence-corrected chi connectivity index (χ3v) is 3.85. The van der Waals surface area contributed by atoms with Crippen molar-refractivity contribution in [2.75, 3.05) is 20.6 Å². The van der Waals surface area contributed by atoms with Gasteiger partial charge < -0.3 is 10.2 Å². The summed E-state index contributed by atoms with van der Waals surface area (Å²) in [5, 5.41) is 6.75. The minimum absolute atomic E-state index is 0.348. The first-order valence-corrected chi connectivity index (χ1v) is 6.69. The summed E-state index contributed by atoms with van der Waals surface area (Å²) in [5.74, 6) is 0.658. The normalized spacial score (nSPS) is 15.7. The average molecular weight is 241 g/mol. The number of thiazole rings is 1. The van der Waals surface area contributed by atoms with Crippen molar-refractivity contribution in [2.24, 2.45) is 5.92 Å². The second kappa shape index (κ2) is 6.33. The first-order chi connectivity index (χ1) is 7.52. The first kappa shape index (κ1) is 13.6. The van der Waals surface area contributed by atoms with Crippen LogP contribution in [-0.2, 0) is 0 Å². The van der Waals surface area contributed by atoms with Crippen molar-refractivity contribution < 1.29 is 0 Å². The largest absolute Gasteiger partial charge is 0.307 e. The Kier molecular flexibility index (Phi) is 5.38. The van der Waals surface area contributed by atoms with Gasteiger partial charge >= 0.3 is 0 Å². The number of nitrogens with one attached hydrogen (secondary N) is 1. The molecular formula is C12H23N3S. The highest BCUT2D eigenvalue weighted by molar-refractivity contribution is 7.09. The van der Waals surface area contributed by atoms with Gasteiger partial charge in [-0.05, 0) is 26.9 Å². The fraction of sp³-hybridized carbons (Fsp3) is 0.750. The summed E-state index contributed by atoms with van der Waals surface area (Å²) in [7, 11) is 4.28. The van der Waals surface area contributed by atoms with Crippen molar-refractivity contribution in [1.29, 1.82) is 0 Å². The van der Waals surface area contributed by atoms with E-state index < -0.39 is 0 Å². The number of aromatic nitrogens is 1. The molecule has 0 saturated carbocycles. The minimum Gasteiger partial charge on any atom is -0.307 e. The first-order valence-electron chi connectivity index (χ1n) is 5.81. The van der Waals surface area contributed by atoms with E-state index in [2.05, 4.69) is 50.1 Å². The van der Waals surface area contributed by atoms with Crippen LogP contribution < -0.4 is 5.32 Å². The average Bonchev–Trinajstić information content (AvgIpc) is 2.69. The molecule has 0 bridgehead atoms. The molecule has 0 spiro atoms. The minimum atomic E-state index is 0.348. The topological polar surface area (TPSA) is 28.2 Å². The van der Waals surface area contributed by atoms with Crippen LogP contribution >= 0.6 is 11.3 Å². The van der Waals surface area contributed by atoms with Crippen LogP contribution in [0.25, 0.3) is 0 Å². The van der Waals surface area contributed by atoms with Crippen molar-refractivity contribution in [2.45, 2.75) is 32.9 Å². The standard InChI is InChI=1S/C12H23N3S/c1-9(2)11(15(4)5)8-14-10(3)12-13-6-7-16-12/h6-7,9-11,14H,8H2,1-5H3. The van der Waals surface area contributed by atoms with E-state index in [0.29, 0.717) is 18.0 Å². The van der Waals surface area contributed by atoms with E-state index in [0.717, 1.165) is 6.54 Å². The quantitative estimate of drug-likeness (QED) is 0.829. The van der Waals surface area contributed by atoms with Gasteiger partial charge in [0.15, 0.2) is 0 Å². The van der Waals surface area contributed by atoms with Crippen LogP contribution in [0, 0.1) is 5.92 Å². The molecule has 1 aromatic heterocycles. The van der Waals surface area contributed by atoms with E-state index in [9.17, 15) is 0 Å². The van der Waals surface area contributed by atoms with Gasteiger partial charge in [0.05, 0.1) is 6.04 Å². The number of hydrogen-bond acceptors (Lipinski definition) is 4. The van der Waals surface area contributed by atoms with Crippen molar-refractivity contribution in [1.82, 2.24) is 15.2 Å². The highest BCUT2D eigenvalue weighted by atomic mass is 32.1. The molecule has 4 heteroatoms. The van der Waals surface area contributed by atoms with Crippen molar-refractivity contribution in [3.8, 4) is 0 Å². The van der Waals surface area contributed by atoms with Crippen LogP contribution in [0.5, 0.6) is 0 Å². The predicted octanol–water partition coefficient (Wildman–Crippen LogP) is 2.38. The summed E-state index contributed by atoms with van der Waals surface area (Å²) >= 11 is 1.71. The maximum Gasteiger partial charge on any atom is 0.109 e. The zero-order valence-electron chi connectivity index (χ0n) is 10.9. The Morgan fingerprint density at radius 1 is 1.38 bits per heavy atom. The Hall–Kier alpha value is -0.450. The number of likely N-dealkylation sites (N-methyl/N-ethyl adjacent to an activating group) is 1. The molecule has 0 aliphatic carbocycles. The molecule has 1 aromatic rings. The smallest absolute Gasteiger partial charge is 0.109 e. The molecule has 0 saturated heterocycles. The summed E-state index contributed by atoms with van der Waals surface area (Å²) in [6.07, 6.45) is 1.87. The lowest BCUT2D eigenvalue weighted by atomic mass is 10.0. The van der Waals surface area contributed by atoms with Gasteiger partial charge in [-0.15, -0.1) is 11.3 Å². The van der Waals surface area contributed by atoms with Crippen LogP contribution in [-0.4, -0.2) is 36.6 Å². The monoisotopic (exact) mass is 241 g/mol. The van der Waals surface area contributed by atoms with E-state index in [1.807, 2.05) is 11.6 Å². The Morgan fingerprint density at radius 3 is 2.50 bits per heavy atom. The SMILES string of the molecule is CC(NCC(C(C)C)N(C)C)c1nccs1. The van der Waals surface area contributed by atoms with E-state index >= 15 is 0 Å². The molecule has 0 fully saturated rings. The van der Waals surface area contributed by atoms with Gasteiger partial charge in [-0.1, -0.05) is 13.8 Å². The molecule has 0 aromatic carbocycles. The second-order valence-electron chi connectivity index (χ2n) is 4.78. The summed E-state index contributed by atoms with van der Waals surface area (Å²) in [6, 6.07) is 0.920. The summed E-state index contributed by atoms with van der Waals surface area (Å²) in [5.41, 5.74) is 0. The zero-order valence-corrected chi connectivity index (χ0v) is 11.7. The third kappa shape index (κ3) is 3.85. The zero-order chi connectivity index (χ0) is 12.1. The molecule has 2 unspecified atom stereocenters. The van der Waals surface area contributed by atoms with Crippen molar-refractivity contribution >= 4 is 11.3 Å². The molecule has 3 nitrogen and oxygen atoms in total. The summed E-state index contributed by atoms with van der Waals surface area (Å²) in [6.45, 7) is 7.71. The van der Waals surface area contributed by atoms with Crippen LogP contribution in [0.4, 0.5) is 0 Å². The Labute approximate surface area is 103 Å². The van der Waals surface area contributed by atoms with Gasteiger partial charge in [-0.2, -0.15) is 0 Å². The summed E-state index contributed by atoms with van der Waals surface area (Å²) in [4.78, 5) is 6.61. The lowest BCUT2D eigenvalue weighted by Gasteiger charge is -2.29. The molecule has 0 radical (unpaired) electrons. The Morgan fingerprint density at radius 2 is 2.06 bits per heavy atom. The van der Waals surface area contributed by atoms with E-state index in [1.165, 1.54) is 5.01 Å². The van der Waals surface area contributed by atoms with Gasteiger partial charge in [0, 0.05) is 24.2 Å². The van der Waals surface area contributed by atoms with Gasteiger partial charge in [0.1, 0.15) is 5.01 Å². The fourth-order valence-electron chi connectivity index (χ4n) is 1.85.